The quantitative estimate of drug-likeness (QED) is 0.762. The molecule has 0 bridgehead atoms. The Kier molecular flexibility index (Phi) is 6.08. The average Bonchev–Trinajstić information content (AvgIpc) is 2.77. The number of rotatable bonds is 5. The van der Waals surface area contributed by atoms with Crippen LogP contribution in [0.2, 0.25) is 0 Å². The number of methoxy groups -OCH3 is 2. The highest BCUT2D eigenvalue weighted by Crippen LogP contribution is 2.48. The second-order valence-corrected chi connectivity index (χ2v) is 8.14. The van der Waals surface area contributed by atoms with Gasteiger partial charge in [0.2, 0.25) is 5.91 Å². The number of pyridine rings is 1. The highest BCUT2D eigenvalue weighted by atomic mass is 16.5. The summed E-state index contributed by atoms with van der Waals surface area (Å²) in [6.45, 7) is 3.78. The van der Waals surface area contributed by atoms with Crippen LogP contribution in [0.15, 0.2) is 52.8 Å². The van der Waals surface area contributed by atoms with Gasteiger partial charge in [0, 0.05) is 41.1 Å². The van der Waals surface area contributed by atoms with Crippen molar-refractivity contribution in [1.29, 1.82) is 0 Å². The monoisotopic (exact) mass is 433 g/mol. The van der Waals surface area contributed by atoms with Crippen LogP contribution < -0.4 is 14.8 Å². The van der Waals surface area contributed by atoms with Crippen molar-refractivity contribution in [1.82, 2.24) is 4.98 Å². The number of aromatic nitrogens is 1. The minimum Gasteiger partial charge on any atom is -0.493 e. The average molecular weight is 434 g/mol. The lowest BCUT2D eigenvalue weighted by molar-refractivity contribution is -0.119. The summed E-state index contributed by atoms with van der Waals surface area (Å²) in [5.41, 5.74) is 3.76. The van der Waals surface area contributed by atoms with E-state index in [0.717, 1.165) is 29.7 Å². The summed E-state index contributed by atoms with van der Waals surface area (Å²) in [4.78, 5) is 35.6. The van der Waals surface area contributed by atoms with Gasteiger partial charge in [-0.25, -0.2) is 4.98 Å². The van der Waals surface area contributed by atoms with Crippen LogP contribution in [0.25, 0.3) is 0 Å². The van der Waals surface area contributed by atoms with Crippen molar-refractivity contribution in [3.05, 3.63) is 58.9 Å². The topological polar surface area (TPSA) is 89.9 Å². The number of hydrogen-bond donors (Lipinski definition) is 1. The molecule has 7 nitrogen and oxygen atoms in total. The molecule has 0 fully saturated rings. The Morgan fingerprint density at radius 1 is 1.12 bits per heavy atom. The predicted octanol–water partition coefficient (Wildman–Crippen LogP) is 4.23. The lowest BCUT2D eigenvalue weighted by Crippen LogP contribution is -2.39. The van der Waals surface area contributed by atoms with Gasteiger partial charge in [0.1, 0.15) is 5.82 Å². The smallest absolute Gasteiger partial charge is 0.235 e. The number of amides is 1. The van der Waals surface area contributed by atoms with Crippen LogP contribution in [-0.2, 0) is 9.59 Å². The van der Waals surface area contributed by atoms with Gasteiger partial charge in [0.15, 0.2) is 17.3 Å². The van der Waals surface area contributed by atoms with Gasteiger partial charge >= 0.3 is 0 Å². The maximum Gasteiger partial charge on any atom is 0.235 e. The summed E-state index contributed by atoms with van der Waals surface area (Å²) in [6, 6.07) is 9.22. The highest BCUT2D eigenvalue weighted by molar-refractivity contribution is 6.13. The molecule has 7 heteroatoms. The number of ketones is 1. The lowest BCUT2D eigenvalue weighted by Gasteiger charge is -2.35. The molecule has 166 valence electrons. The van der Waals surface area contributed by atoms with Crippen LogP contribution in [0.1, 0.15) is 43.2 Å². The summed E-state index contributed by atoms with van der Waals surface area (Å²) in [5.74, 6) is 0.104. The van der Waals surface area contributed by atoms with Gasteiger partial charge in [-0.15, -0.1) is 0 Å². The molecule has 32 heavy (non-hydrogen) atoms. The Morgan fingerprint density at radius 2 is 1.94 bits per heavy atom. The molecule has 0 spiro atoms. The van der Waals surface area contributed by atoms with Gasteiger partial charge in [0.05, 0.1) is 20.1 Å². The van der Waals surface area contributed by atoms with Crippen LogP contribution in [0, 0.1) is 12.8 Å². The summed E-state index contributed by atoms with van der Waals surface area (Å²) >= 11 is 0. The largest absolute Gasteiger partial charge is 0.493 e. The fourth-order valence-corrected chi connectivity index (χ4v) is 4.65. The maximum atomic E-state index is 13.6. The fourth-order valence-electron chi connectivity index (χ4n) is 4.65. The zero-order chi connectivity index (χ0) is 22.8. The van der Waals surface area contributed by atoms with E-state index in [9.17, 15) is 9.59 Å². The van der Waals surface area contributed by atoms with Crippen molar-refractivity contribution in [2.45, 2.75) is 39.0 Å². The summed E-state index contributed by atoms with van der Waals surface area (Å²) in [7, 11) is 3.13. The van der Waals surface area contributed by atoms with Crippen LogP contribution in [0.4, 0.5) is 5.82 Å². The number of allylic oxidation sites excluding steroid dienone is 2. The summed E-state index contributed by atoms with van der Waals surface area (Å²) in [5, 5.41) is 2.92. The number of para-hydroxylation sites is 1. The maximum absolute atomic E-state index is 13.6. The van der Waals surface area contributed by atoms with Crippen molar-refractivity contribution in [2.75, 3.05) is 19.5 Å². The molecule has 1 aliphatic carbocycles. The summed E-state index contributed by atoms with van der Waals surface area (Å²) < 4.78 is 11.2. The first-order valence-corrected chi connectivity index (χ1v) is 10.7. The van der Waals surface area contributed by atoms with Gasteiger partial charge in [0.25, 0.3) is 0 Å². The van der Waals surface area contributed by atoms with Crippen LogP contribution in [-0.4, -0.2) is 36.6 Å². The molecule has 1 unspecified atom stereocenters. The van der Waals surface area contributed by atoms with Gasteiger partial charge in [-0.05, 0) is 50.5 Å². The lowest BCUT2D eigenvalue weighted by atomic mass is 9.71. The number of aliphatic imine (C=N–C) groups is 1. The molecule has 2 atom stereocenters. The highest BCUT2D eigenvalue weighted by Gasteiger charge is 2.43. The zero-order valence-electron chi connectivity index (χ0n) is 18.8. The fraction of sp³-hybridized carbons (Fsp3) is 0.360. The molecule has 0 radical (unpaired) electrons. The van der Waals surface area contributed by atoms with Crippen molar-refractivity contribution in [3.8, 4) is 11.5 Å². The number of carbonyl (C=O) groups is 2. The molecule has 2 heterocycles. The number of nitrogens with one attached hydrogen (secondary N) is 1. The third kappa shape index (κ3) is 3.90. The molecular formula is C25H27N3O4. The standard InChI is InChI=1S/C25H27N3O4/c1-14-11-12-26-20(13-14)28-25(30)21-15(2)27-17-8-6-9-18(29)23(17)22(21)16-7-5-10-19(31-3)24(16)32-4/h5,7,10-13,21-22H,6,8-9H2,1-4H3,(H,26,28,30)/t21?,22-/m0/s1. The molecule has 1 aliphatic heterocycles. The van der Waals surface area contributed by atoms with E-state index < -0.39 is 11.8 Å². The Bertz CT molecular complexity index is 1140. The van der Waals surface area contributed by atoms with E-state index in [2.05, 4.69) is 10.3 Å². The molecule has 1 aromatic carbocycles. The second-order valence-electron chi connectivity index (χ2n) is 8.14. The van der Waals surface area contributed by atoms with Crippen molar-refractivity contribution >= 4 is 23.2 Å². The Balaban J connectivity index is 1.85. The van der Waals surface area contributed by atoms with E-state index >= 15 is 0 Å². The number of carbonyl (C=O) groups excluding carboxylic acids is 2. The first-order valence-electron chi connectivity index (χ1n) is 10.7. The first-order chi connectivity index (χ1) is 15.4. The molecule has 0 saturated carbocycles. The Hall–Kier alpha value is -3.48. The number of Topliss-reactive ketones (excluding diaryl/α,β-unsaturated/α-hetero) is 1. The molecule has 0 saturated heterocycles. The van der Waals surface area contributed by atoms with E-state index in [1.165, 1.54) is 0 Å². The Labute approximate surface area is 187 Å². The van der Waals surface area contributed by atoms with E-state index in [1.54, 1.807) is 26.5 Å². The van der Waals surface area contributed by atoms with Gasteiger partial charge in [-0.1, -0.05) is 12.1 Å². The van der Waals surface area contributed by atoms with Gasteiger partial charge < -0.3 is 14.8 Å². The van der Waals surface area contributed by atoms with Gasteiger partial charge in [-0.3, -0.25) is 14.6 Å². The summed E-state index contributed by atoms with van der Waals surface area (Å²) in [6.07, 6.45) is 3.58. The number of ether oxygens (including phenoxy) is 2. The second kappa shape index (κ2) is 8.94. The van der Waals surface area contributed by atoms with Crippen LogP contribution in [0.5, 0.6) is 11.5 Å². The molecule has 1 aromatic heterocycles. The van der Waals surface area contributed by atoms with E-state index in [4.69, 9.17) is 14.5 Å². The zero-order valence-corrected chi connectivity index (χ0v) is 18.8. The number of aryl methyl sites for hydroxylation is 1. The number of nitrogens with zero attached hydrogens (tertiary/aromatic N) is 2. The van der Waals surface area contributed by atoms with Crippen molar-refractivity contribution in [2.24, 2.45) is 10.9 Å². The minimum absolute atomic E-state index is 0.0313. The van der Waals surface area contributed by atoms with Crippen molar-refractivity contribution < 1.29 is 19.1 Å². The third-order valence-corrected chi connectivity index (χ3v) is 6.05. The molecular weight excluding hydrogens is 406 g/mol. The first kappa shape index (κ1) is 21.7. The van der Waals surface area contributed by atoms with E-state index in [1.807, 2.05) is 38.1 Å². The predicted molar refractivity (Wildman–Crippen MR) is 122 cm³/mol. The molecule has 2 aliphatic rings. The SMILES string of the molecule is COc1cccc([C@@H]2C3=C(CCCC3=O)N=C(C)C2C(=O)Nc2cc(C)ccn2)c1OC. The third-order valence-electron chi connectivity index (χ3n) is 6.05. The van der Waals surface area contributed by atoms with Crippen LogP contribution >= 0.6 is 0 Å². The molecule has 1 N–H and O–H groups in total. The molecule has 2 aromatic rings. The number of hydrogen-bond acceptors (Lipinski definition) is 6. The number of anilines is 1. The van der Waals surface area contributed by atoms with Crippen LogP contribution in [0.3, 0.4) is 0 Å². The Morgan fingerprint density at radius 3 is 2.66 bits per heavy atom. The minimum atomic E-state index is -0.681. The van der Waals surface area contributed by atoms with Gasteiger partial charge in [-0.2, -0.15) is 0 Å². The molecule has 4 rings (SSSR count). The van der Waals surface area contributed by atoms with E-state index in [-0.39, 0.29) is 11.7 Å². The van der Waals surface area contributed by atoms with Crippen molar-refractivity contribution in [3.63, 3.8) is 0 Å². The normalized spacial score (nSPS) is 20.4. The van der Waals surface area contributed by atoms with E-state index in [0.29, 0.717) is 35.0 Å². The molecule has 1 amide bonds. The number of benzene rings is 1.